The molecule has 2 heterocycles. The Labute approximate surface area is 127 Å². The SMILES string of the molecule is CNCCCNc1nc2cc(C#N)ccc2c2sccc12. The third-order valence-corrected chi connectivity index (χ3v) is 4.37. The van der Waals surface area contributed by atoms with Crippen molar-refractivity contribution in [2.75, 3.05) is 25.5 Å². The molecule has 106 valence electrons. The number of thiophene rings is 1. The molecule has 0 spiro atoms. The van der Waals surface area contributed by atoms with Crippen LogP contribution < -0.4 is 10.6 Å². The first-order valence-electron chi connectivity index (χ1n) is 6.93. The van der Waals surface area contributed by atoms with E-state index in [4.69, 9.17) is 10.2 Å². The molecule has 2 N–H and O–H groups in total. The lowest BCUT2D eigenvalue weighted by atomic mass is 10.1. The minimum atomic E-state index is 0.645. The van der Waals surface area contributed by atoms with E-state index in [1.807, 2.05) is 25.2 Å². The average Bonchev–Trinajstić information content (AvgIpc) is 3.00. The molecule has 0 saturated carbocycles. The fourth-order valence-electron chi connectivity index (χ4n) is 2.38. The lowest BCUT2D eigenvalue weighted by Crippen LogP contribution is -2.13. The lowest BCUT2D eigenvalue weighted by molar-refractivity contribution is 0.747. The quantitative estimate of drug-likeness (QED) is 0.709. The minimum absolute atomic E-state index is 0.645. The molecule has 0 fully saturated rings. The number of nitriles is 1. The number of rotatable bonds is 5. The highest BCUT2D eigenvalue weighted by molar-refractivity contribution is 7.18. The van der Waals surface area contributed by atoms with Crippen molar-refractivity contribution in [1.82, 2.24) is 10.3 Å². The summed E-state index contributed by atoms with van der Waals surface area (Å²) in [6.07, 6.45) is 1.04. The normalized spacial score (nSPS) is 10.9. The molecule has 5 heteroatoms. The molecular formula is C16H16N4S. The zero-order valence-corrected chi connectivity index (χ0v) is 12.6. The molecule has 0 radical (unpaired) electrons. The molecule has 0 aliphatic heterocycles. The molecule has 21 heavy (non-hydrogen) atoms. The van der Waals surface area contributed by atoms with Crippen molar-refractivity contribution in [2.24, 2.45) is 0 Å². The van der Waals surface area contributed by atoms with Gasteiger partial charge in [-0.05, 0) is 43.6 Å². The Morgan fingerprint density at radius 1 is 1.24 bits per heavy atom. The van der Waals surface area contributed by atoms with Gasteiger partial charge in [-0.1, -0.05) is 6.07 Å². The van der Waals surface area contributed by atoms with Crippen LogP contribution in [0.3, 0.4) is 0 Å². The van der Waals surface area contributed by atoms with E-state index in [1.165, 1.54) is 4.70 Å². The number of aromatic nitrogens is 1. The van der Waals surface area contributed by atoms with Gasteiger partial charge in [0.25, 0.3) is 0 Å². The van der Waals surface area contributed by atoms with Crippen LogP contribution in [-0.4, -0.2) is 25.1 Å². The molecule has 1 aromatic carbocycles. The van der Waals surface area contributed by atoms with Gasteiger partial charge in [-0.3, -0.25) is 0 Å². The molecule has 0 aliphatic carbocycles. The largest absolute Gasteiger partial charge is 0.369 e. The fourth-order valence-corrected chi connectivity index (χ4v) is 3.31. The number of pyridine rings is 1. The monoisotopic (exact) mass is 296 g/mol. The highest BCUT2D eigenvalue weighted by Gasteiger charge is 2.09. The van der Waals surface area contributed by atoms with E-state index in [0.29, 0.717) is 5.56 Å². The van der Waals surface area contributed by atoms with E-state index < -0.39 is 0 Å². The summed E-state index contributed by atoms with van der Waals surface area (Å²) in [6, 6.07) is 9.97. The third kappa shape index (κ3) is 2.68. The standard InChI is InChI=1S/C16H16N4S/c1-18-6-2-7-19-16-13-5-8-21-15(13)12-4-3-11(10-17)9-14(12)20-16/h3-5,8-9,18H,2,6-7H2,1H3,(H,19,20). The van der Waals surface area contributed by atoms with Gasteiger partial charge in [0.2, 0.25) is 0 Å². The Morgan fingerprint density at radius 2 is 2.14 bits per heavy atom. The van der Waals surface area contributed by atoms with Crippen LogP contribution in [0.5, 0.6) is 0 Å². The first kappa shape index (κ1) is 13.8. The molecule has 0 saturated heterocycles. The second kappa shape index (κ2) is 6.08. The molecule has 4 nitrogen and oxygen atoms in total. The number of hydrogen-bond donors (Lipinski definition) is 2. The molecule has 0 bridgehead atoms. The van der Waals surface area contributed by atoms with Gasteiger partial charge in [0.05, 0.1) is 17.1 Å². The summed E-state index contributed by atoms with van der Waals surface area (Å²) >= 11 is 1.71. The van der Waals surface area contributed by atoms with Crippen molar-refractivity contribution in [3.8, 4) is 6.07 Å². The molecule has 3 rings (SSSR count). The number of nitrogens with one attached hydrogen (secondary N) is 2. The second-order valence-corrected chi connectivity index (χ2v) is 5.77. The van der Waals surface area contributed by atoms with Crippen LogP contribution in [0.1, 0.15) is 12.0 Å². The maximum atomic E-state index is 9.04. The van der Waals surface area contributed by atoms with Crippen LogP contribution in [0, 0.1) is 11.3 Å². The van der Waals surface area contributed by atoms with Crippen LogP contribution in [-0.2, 0) is 0 Å². The van der Waals surface area contributed by atoms with Crippen LogP contribution >= 0.6 is 11.3 Å². The Kier molecular flexibility index (Phi) is 4.00. The first-order chi connectivity index (χ1) is 10.3. The van der Waals surface area contributed by atoms with Gasteiger partial charge in [0, 0.05) is 22.0 Å². The van der Waals surface area contributed by atoms with E-state index in [9.17, 15) is 0 Å². The molecular weight excluding hydrogens is 280 g/mol. The van der Waals surface area contributed by atoms with Crippen LogP contribution in [0.2, 0.25) is 0 Å². The van der Waals surface area contributed by atoms with Gasteiger partial charge in [0.1, 0.15) is 5.82 Å². The summed E-state index contributed by atoms with van der Waals surface area (Å²) in [7, 11) is 1.95. The minimum Gasteiger partial charge on any atom is -0.369 e. The summed E-state index contributed by atoms with van der Waals surface area (Å²) in [4.78, 5) is 4.71. The van der Waals surface area contributed by atoms with Crippen molar-refractivity contribution in [3.05, 3.63) is 35.2 Å². The number of nitrogens with zero attached hydrogens (tertiary/aromatic N) is 2. The summed E-state index contributed by atoms with van der Waals surface area (Å²) in [6.45, 7) is 1.86. The van der Waals surface area contributed by atoms with E-state index in [2.05, 4.69) is 28.1 Å². The summed E-state index contributed by atoms with van der Waals surface area (Å²) in [5, 5.41) is 19.9. The van der Waals surface area contributed by atoms with Crippen molar-refractivity contribution in [2.45, 2.75) is 6.42 Å². The zero-order chi connectivity index (χ0) is 14.7. The maximum absolute atomic E-state index is 9.04. The summed E-state index contributed by atoms with van der Waals surface area (Å²) in [5.41, 5.74) is 1.52. The molecule has 0 amide bonds. The maximum Gasteiger partial charge on any atom is 0.135 e. The Hall–Kier alpha value is -2.16. The van der Waals surface area contributed by atoms with Crippen LogP contribution in [0.25, 0.3) is 21.0 Å². The Morgan fingerprint density at radius 3 is 2.95 bits per heavy atom. The van der Waals surface area contributed by atoms with Crippen LogP contribution in [0.15, 0.2) is 29.6 Å². The predicted octanol–water partition coefficient (Wildman–Crippen LogP) is 3.34. The molecule has 3 aromatic rings. The summed E-state index contributed by atoms with van der Waals surface area (Å²) in [5.74, 6) is 0.907. The van der Waals surface area contributed by atoms with Crippen molar-refractivity contribution in [1.29, 1.82) is 5.26 Å². The zero-order valence-electron chi connectivity index (χ0n) is 11.8. The molecule has 0 unspecified atom stereocenters. The van der Waals surface area contributed by atoms with Crippen molar-refractivity contribution < 1.29 is 0 Å². The topological polar surface area (TPSA) is 60.7 Å². The number of anilines is 1. The van der Waals surface area contributed by atoms with E-state index in [0.717, 1.165) is 41.6 Å². The second-order valence-electron chi connectivity index (χ2n) is 4.85. The highest BCUT2D eigenvalue weighted by Crippen LogP contribution is 2.33. The molecule has 2 aromatic heterocycles. The highest BCUT2D eigenvalue weighted by atomic mass is 32.1. The lowest BCUT2D eigenvalue weighted by Gasteiger charge is -2.09. The smallest absolute Gasteiger partial charge is 0.135 e. The van der Waals surface area contributed by atoms with Crippen molar-refractivity contribution >= 4 is 38.1 Å². The Bertz CT molecular complexity index is 816. The number of fused-ring (bicyclic) bond motifs is 3. The number of benzene rings is 1. The van der Waals surface area contributed by atoms with Crippen molar-refractivity contribution in [3.63, 3.8) is 0 Å². The molecule has 0 atom stereocenters. The summed E-state index contributed by atoms with van der Waals surface area (Å²) < 4.78 is 1.22. The number of hydrogen-bond acceptors (Lipinski definition) is 5. The van der Waals surface area contributed by atoms with Crippen LogP contribution in [0.4, 0.5) is 5.82 Å². The fraction of sp³-hybridized carbons (Fsp3) is 0.250. The van der Waals surface area contributed by atoms with E-state index >= 15 is 0 Å². The third-order valence-electron chi connectivity index (χ3n) is 3.42. The molecule has 0 aliphatic rings. The van der Waals surface area contributed by atoms with Gasteiger partial charge in [0.15, 0.2) is 0 Å². The predicted molar refractivity (Wildman–Crippen MR) is 88.9 cm³/mol. The average molecular weight is 296 g/mol. The first-order valence-corrected chi connectivity index (χ1v) is 7.81. The van der Waals surface area contributed by atoms with Gasteiger partial charge in [-0.25, -0.2) is 4.98 Å². The van der Waals surface area contributed by atoms with E-state index in [1.54, 1.807) is 11.3 Å². The van der Waals surface area contributed by atoms with Gasteiger partial charge >= 0.3 is 0 Å². The van der Waals surface area contributed by atoms with Gasteiger partial charge < -0.3 is 10.6 Å². The van der Waals surface area contributed by atoms with Gasteiger partial charge in [-0.2, -0.15) is 5.26 Å². The van der Waals surface area contributed by atoms with E-state index in [-0.39, 0.29) is 0 Å². The van der Waals surface area contributed by atoms with Gasteiger partial charge in [-0.15, -0.1) is 11.3 Å². The Balaban J connectivity index is 2.04.